The minimum absolute atomic E-state index is 0.0699. The van der Waals surface area contributed by atoms with Crippen LogP contribution in [0.4, 0.5) is 0 Å². The molecule has 30 heavy (non-hydrogen) atoms. The van der Waals surface area contributed by atoms with Gasteiger partial charge in [-0.3, -0.25) is 9.59 Å². The van der Waals surface area contributed by atoms with E-state index in [-0.39, 0.29) is 47.9 Å². The maximum Gasteiger partial charge on any atom is 0.338 e. The van der Waals surface area contributed by atoms with Gasteiger partial charge < -0.3 is 14.2 Å². The van der Waals surface area contributed by atoms with Crippen LogP contribution in [0.25, 0.3) is 0 Å². The first-order valence-electron chi connectivity index (χ1n) is 10.6. The fourth-order valence-electron chi connectivity index (χ4n) is 5.82. The summed E-state index contributed by atoms with van der Waals surface area (Å²) in [5.74, 6) is -0.727. The van der Waals surface area contributed by atoms with Gasteiger partial charge in [-0.05, 0) is 43.1 Å². The van der Waals surface area contributed by atoms with Crippen molar-refractivity contribution in [3.8, 4) is 0 Å². The molecule has 1 aliphatic heterocycles. The highest BCUT2D eigenvalue weighted by Crippen LogP contribution is 2.62. The minimum atomic E-state index is -0.497. The van der Waals surface area contributed by atoms with E-state index in [1.807, 2.05) is 6.08 Å². The van der Waals surface area contributed by atoms with E-state index in [2.05, 4.69) is 26.5 Å². The molecule has 0 radical (unpaired) electrons. The lowest BCUT2D eigenvalue weighted by Crippen LogP contribution is -2.58. The summed E-state index contributed by atoms with van der Waals surface area (Å²) in [5, 5.41) is 0. The summed E-state index contributed by atoms with van der Waals surface area (Å²) in [6, 6.07) is 0. The predicted octanol–water partition coefficient (Wildman–Crippen LogP) is 3.91. The molecule has 5 unspecified atom stereocenters. The molecular weight excluding hydrogens is 384 g/mol. The van der Waals surface area contributed by atoms with Crippen LogP contribution in [0, 0.1) is 22.7 Å². The maximum atomic E-state index is 11.8. The number of carbonyl (C=O) groups is 3. The SMILES string of the molecule is C=C1CCC2C(C)(COC(C)=O)C(OC(C)=O)CCC2(C)C1/C=C/C1=CCOC1=O. The van der Waals surface area contributed by atoms with Crippen molar-refractivity contribution in [2.75, 3.05) is 13.2 Å². The van der Waals surface area contributed by atoms with Gasteiger partial charge in [0.05, 0.1) is 5.57 Å². The Labute approximate surface area is 178 Å². The molecule has 3 aliphatic rings. The normalized spacial score (nSPS) is 36.1. The second-order valence-corrected chi connectivity index (χ2v) is 9.27. The van der Waals surface area contributed by atoms with E-state index in [9.17, 15) is 14.4 Å². The highest BCUT2D eigenvalue weighted by molar-refractivity contribution is 5.93. The van der Waals surface area contributed by atoms with Crippen LogP contribution in [-0.4, -0.2) is 37.2 Å². The van der Waals surface area contributed by atoms with Crippen LogP contribution in [0.15, 0.2) is 36.0 Å². The smallest absolute Gasteiger partial charge is 0.338 e. The number of carbonyl (C=O) groups excluding carboxylic acids is 3. The van der Waals surface area contributed by atoms with Crippen molar-refractivity contribution in [2.45, 2.75) is 59.5 Å². The Bertz CT molecular complexity index is 809. The van der Waals surface area contributed by atoms with Crippen LogP contribution >= 0.6 is 0 Å². The van der Waals surface area contributed by atoms with Crippen LogP contribution < -0.4 is 0 Å². The lowest BCUT2D eigenvalue weighted by atomic mass is 9.46. The average Bonchev–Trinajstić information content (AvgIpc) is 3.07. The summed E-state index contributed by atoms with van der Waals surface area (Å²) in [4.78, 5) is 35.2. The number of hydrogen-bond donors (Lipinski definition) is 0. The van der Waals surface area contributed by atoms with Crippen molar-refractivity contribution in [1.29, 1.82) is 0 Å². The highest BCUT2D eigenvalue weighted by atomic mass is 16.6. The average molecular weight is 417 g/mol. The third-order valence-electron chi connectivity index (χ3n) is 7.29. The summed E-state index contributed by atoms with van der Waals surface area (Å²) < 4.78 is 16.2. The number of ether oxygens (including phenoxy) is 3. The molecule has 0 aromatic carbocycles. The molecule has 5 atom stereocenters. The largest absolute Gasteiger partial charge is 0.465 e. The molecule has 0 saturated heterocycles. The summed E-state index contributed by atoms with van der Waals surface area (Å²) in [6.45, 7) is 12.0. The first kappa shape index (κ1) is 22.3. The van der Waals surface area contributed by atoms with Gasteiger partial charge in [0, 0.05) is 25.2 Å². The molecular formula is C24H32O6. The van der Waals surface area contributed by atoms with Gasteiger partial charge >= 0.3 is 17.9 Å². The molecule has 6 heteroatoms. The Kier molecular flexibility index (Phi) is 6.25. The van der Waals surface area contributed by atoms with E-state index in [1.54, 1.807) is 6.08 Å². The minimum Gasteiger partial charge on any atom is -0.465 e. The van der Waals surface area contributed by atoms with Gasteiger partial charge in [-0.1, -0.05) is 38.2 Å². The lowest BCUT2D eigenvalue weighted by molar-refractivity contribution is -0.189. The summed E-state index contributed by atoms with van der Waals surface area (Å²) in [5.41, 5.74) is 1.06. The highest BCUT2D eigenvalue weighted by Gasteiger charge is 2.59. The Morgan fingerprint density at radius 1 is 1.27 bits per heavy atom. The zero-order valence-electron chi connectivity index (χ0n) is 18.4. The molecule has 2 fully saturated rings. The zero-order valence-corrected chi connectivity index (χ0v) is 18.4. The first-order valence-corrected chi connectivity index (χ1v) is 10.6. The molecule has 164 valence electrons. The molecule has 1 heterocycles. The molecule has 0 N–H and O–H groups in total. The quantitative estimate of drug-likeness (QED) is 0.384. The lowest BCUT2D eigenvalue weighted by Gasteiger charge is -2.59. The third kappa shape index (κ3) is 4.09. The van der Waals surface area contributed by atoms with Gasteiger partial charge in [-0.25, -0.2) is 4.79 Å². The van der Waals surface area contributed by atoms with E-state index in [1.165, 1.54) is 13.8 Å². The molecule has 2 aliphatic carbocycles. The van der Waals surface area contributed by atoms with Gasteiger partial charge in [-0.15, -0.1) is 0 Å². The van der Waals surface area contributed by atoms with E-state index < -0.39 is 5.41 Å². The Morgan fingerprint density at radius 2 is 2.00 bits per heavy atom. The predicted molar refractivity (Wildman–Crippen MR) is 111 cm³/mol. The summed E-state index contributed by atoms with van der Waals surface area (Å²) in [6.07, 6.45) is 8.66. The molecule has 6 nitrogen and oxygen atoms in total. The van der Waals surface area contributed by atoms with E-state index in [4.69, 9.17) is 14.2 Å². The third-order valence-corrected chi connectivity index (χ3v) is 7.29. The van der Waals surface area contributed by atoms with Crippen molar-refractivity contribution in [1.82, 2.24) is 0 Å². The van der Waals surface area contributed by atoms with Crippen molar-refractivity contribution in [2.24, 2.45) is 22.7 Å². The van der Waals surface area contributed by atoms with Gasteiger partial charge in [0.25, 0.3) is 0 Å². The number of hydrogen-bond acceptors (Lipinski definition) is 6. The second-order valence-electron chi connectivity index (χ2n) is 9.27. The monoisotopic (exact) mass is 416 g/mol. The number of rotatable bonds is 5. The number of cyclic esters (lactones) is 1. The molecule has 2 saturated carbocycles. The van der Waals surface area contributed by atoms with Crippen molar-refractivity contribution in [3.63, 3.8) is 0 Å². The fourth-order valence-corrected chi connectivity index (χ4v) is 5.82. The van der Waals surface area contributed by atoms with Gasteiger partial charge in [-0.2, -0.15) is 0 Å². The van der Waals surface area contributed by atoms with Crippen molar-refractivity contribution < 1.29 is 28.6 Å². The summed E-state index contributed by atoms with van der Waals surface area (Å²) in [7, 11) is 0. The molecule has 0 spiro atoms. The number of allylic oxidation sites excluding steroid dienone is 2. The first-order chi connectivity index (χ1) is 14.1. The van der Waals surface area contributed by atoms with Crippen LogP contribution in [-0.2, 0) is 28.6 Å². The number of esters is 3. The second kappa shape index (κ2) is 8.40. The van der Waals surface area contributed by atoms with Crippen LogP contribution in [0.2, 0.25) is 0 Å². The topological polar surface area (TPSA) is 78.9 Å². The van der Waals surface area contributed by atoms with E-state index in [0.29, 0.717) is 18.6 Å². The van der Waals surface area contributed by atoms with Crippen molar-refractivity contribution >= 4 is 17.9 Å². The Morgan fingerprint density at radius 3 is 2.60 bits per heavy atom. The Hall–Kier alpha value is -2.37. The van der Waals surface area contributed by atoms with Gasteiger partial charge in [0.15, 0.2) is 0 Å². The molecule has 3 rings (SSSR count). The van der Waals surface area contributed by atoms with E-state index in [0.717, 1.165) is 24.8 Å². The fraction of sp³-hybridized carbons (Fsp3) is 0.625. The number of fused-ring (bicyclic) bond motifs is 1. The standard InChI is InChI=1S/C24H32O6/c1-15-6-9-20-23(4,19(15)8-7-18-11-13-28-22(18)27)12-10-21(30-17(3)26)24(20,5)14-29-16(2)25/h7-8,11,19-21H,1,6,9-10,12-14H2,2-5H3/b8-7+. The molecule has 0 aromatic rings. The molecule has 0 amide bonds. The molecule has 0 bridgehead atoms. The maximum absolute atomic E-state index is 11.8. The van der Waals surface area contributed by atoms with Crippen LogP contribution in [0.5, 0.6) is 0 Å². The van der Waals surface area contributed by atoms with E-state index >= 15 is 0 Å². The van der Waals surface area contributed by atoms with Crippen molar-refractivity contribution in [3.05, 3.63) is 36.0 Å². The van der Waals surface area contributed by atoms with Gasteiger partial charge in [0.1, 0.15) is 19.3 Å². The summed E-state index contributed by atoms with van der Waals surface area (Å²) >= 11 is 0. The van der Waals surface area contributed by atoms with Crippen LogP contribution in [0.3, 0.4) is 0 Å². The molecule has 0 aromatic heterocycles. The van der Waals surface area contributed by atoms with Crippen LogP contribution in [0.1, 0.15) is 53.4 Å². The Balaban J connectivity index is 1.94. The zero-order chi connectivity index (χ0) is 22.1. The van der Waals surface area contributed by atoms with Gasteiger partial charge in [0.2, 0.25) is 0 Å².